The molecule has 0 bridgehead atoms. The maximum atomic E-state index is 12.7. The van der Waals surface area contributed by atoms with Crippen LogP contribution in [-0.4, -0.2) is 64.9 Å². The fourth-order valence-electron chi connectivity index (χ4n) is 3.93. The predicted octanol–water partition coefficient (Wildman–Crippen LogP) is 4.13. The summed E-state index contributed by atoms with van der Waals surface area (Å²) in [7, 11) is 0. The number of halogens is 3. The van der Waals surface area contributed by atoms with E-state index in [0.29, 0.717) is 18.9 Å². The summed E-state index contributed by atoms with van der Waals surface area (Å²) in [6.45, 7) is 6.50. The summed E-state index contributed by atoms with van der Waals surface area (Å²) < 4.78 is 1.16. The van der Waals surface area contributed by atoms with Gasteiger partial charge in [-0.3, -0.25) is 14.6 Å². The Morgan fingerprint density at radius 2 is 1.58 bits per heavy atom. The molecule has 1 aliphatic rings. The van der Waals surface area contributed by atoms with Gasteiger partial charge in [0, 0.05) is 61.0 Å². The topological polar surface area (TPSA) is 99.4 Å². The molecule has 0 spiro atoms. The van der Waals surface area contributed by atoms with Crippen LogP contribution in [0, 0.1) is 3.57 Å². The second-order valence-corrected chi connectivity index (χ2v) is 10.6. The molecule has 2 aromatic carbocycles. The highest BCUT2D eigenvalue weighted by Crippen LogP contribution is 2.21. The number of carbonyl (C=O) groups is 1. The molecule has 1 aliphatic heterocycles. The number of aromatic nitrogens is 2. The van der Waals surface area contributed by atoms with Gasteiger partial charge in [0.05, 0.1) is 0 Å². The lowest BCUT2D eigenvalue weighted by molar-refractivity contribution is 0.0930. The Kier molecular flexibility index (Phi) is 9.60. The number of carbonyl (C=O) groups excluding carboxylic acids is 1. The molecule has 4 rings (SSSR count). The summed E-state index contributed by atoms with van der Waals surface area (Å²) in [4.78, 5) is 25.9. The molecule has 1 saturated heterocycles. The van der Waals surface area contributed by atoms with E-state index >= 15 is 0 Å². The molecule has 8 nitrogen and oxygen atoms in total. The minimum Gasteiger partial charge on any atom is -0.382 e. The Morgan fingerprint density at radius 3 is 2.28 bits per heavy atom. The van der Waals surface area contributed by atoms with E-state index in [1.165, 1.54) is 5.56 Å². The first kappa shape index (κ1) is 26.9. The van der Waals surface area contributed by atoms with Crippen molar-refractivity contribution in [3.8, 4) is 0 Å². The standard InChI is InChI=1S/C25H28Cl2IN7O/c26-19-5-1-18(2-6-19)16-35-13-11-34(12-14-35)10-9-30-25(36)21-23(29)33-24(22(27)32-21)31-15-17-3-7-20(28)8-4-17/h1-8H,9-16H2,(H,30,36)(H3,29,31,33). The van der Waals surface area contributed by atoms with Crippen molar-refractivity contribution in [2.45, 2.75) is 13.1 Å². The first-order valence-electron chi connectivity index (χ1n) is 11.7. The Balaban J connectivity index is 1.21. The van der Waals surface area contributed by atoms with Crippen LogP contribution in [0.2, 0.25) is 10.2 Å². The zero-order valence-corrected chi connectivity index (χ0v) is 23.4. The highest BCUT2D eigenvalue weighted by atomic mass is 127. The molecule has 1 amide bonds. The van der Waals surface area contributed by atoms with Crippen LogP contribution in [0.3, 0.4) is 0 Å². The van der Waals surface area contributed by atoms with Crippen LogP contribution in [0.25, 0.3) is 0 Å². The van der Waals surface area contributed by atoms with E-state index in [4.69, 9.17) is 28.9 Å². The van der Waals surface area contributed by atoms with Gasteiger partial charge in [-0.15, -0.1) is 0 Å². The molecule has 1 aromatic heterocycles. The molecule has 0 atom stereocenters. The highest BCUT2D eigenvalue weighted by Gasteiger charge is 2.19. The van der Waals surface area contributed by atoms with E-state index in [1.807, 2.05) is 36.4 Å². The first-order chi connectivity index (χ1) is 17.4. The zero-order chi connectivity index (χ0) is 25.5. The smallest absolute Gasteiger partial charge is 0.273 e. The quantitative estimate of drug-likeness (QED) is 0.303. The van der Waals surface area contributed by atoms with Crippen LogP contribution in [-0.2, 0) is 13.1 Å². The van der Waals surface area contributed by atoms with E-state index in [0.717, 1.165) is 53.4 Å². The van der Waals surface area contributed by atoms with Gasteiger partial charge in [0.25, 0.3) is 5.91 Å². The average molecular weight is 640 g/mol. The number of hydrogen-bond acceptors (Lipinski definition) is 7. The van der Waals surface area contributed by atoms with E-state index in [2.05, 4.69) is 65.1 Å². The summed E-state index contributed by atoms with van der Waals surface area (Å²) in [5.41, 5.74) is 8.39. The van der Waals surface area contributed by atoms with Crippen LogP contribution in [0.4, 0.5) is 11.6 Å². The van der Waals surface area contributed by atoms with Gasteiger partial charge >= 0.3 is 0 Å². The average Bonchev–Trinajstić information content (AvgIpc) is 2.87. The van der Waals surface area contributed by atoms with Crippen molar-refractivity contribution in [2.75, 3.05) is 50.3 Å². The summed E-state index contributed by atoms with van der Waals surface area (Å²) in [5.74, 6) is 0.00557. The maximum absolute atomic E-state index is 12.7. The molecule has 0 unspecified atom stereocenters. The van der Waals surface area contributed by atoms with Crippen LogP contribution < -0.4 is 16.4 Å². The van der Waals surface area contributed by atoms with Crippen molar-refractivity contribution < 1.29 is 4.79 Å². The monoisotopic (exact) mass is 639 g/mol. The Hall–Kier alpha value is -2.18. The van der Waals surface area contributed by atoms with E-state index in [1.54, 1.807) is 0 Å². The molecule has 4 N–H and O–H groups in total. The number of nitrogen functional groups attached to an aromatic ring is 1. The number of nitrogens with zero attached hydrogens (tertiary/aromatic N) is 4. The maximum Gasteiger partial charge on any atom is 0.273 e. The minimum absolute atomic E-state index is 0.0348. The summed E-state index contributed by atoms with van der Waals surface area (Å²) in [5, 5.41) is 6.87. The second-order valence-electron chi connectivity index (χ2n) is 8.58. The molecule has 2 heterocycles. The molecular formula is C25H28Cl2IN7O. The van der Waals surface area contributed by atoms with Crippen molar-refractivity contribution in [1.82, 2.24) is 25.1 Å². The molecule has 3 aromatic rings. The molecule has 0 saturated carbocycles. The SMILES string of the molecule is Nc1nc(NCc2ccc(I)cc2)c(Cl)nc1C(=O)NCCN1CCN(Cc2ccc(Cl)cc2)CC1. The van der Waals surface area contributed by atoms with Gasteiger partial charge in [-0.2, -0.15) is 0 Å². The van der Waals surface area contributed by atoms with Gasteiger partial charge in [0.2, 0.25) is 0 Å². The summed E-state index contributed by atoms with van der Waals surface area (Å²) in [6.07, 6.45) is 0. The molecular weight excluding hydrogens is 612 g/mol. The summed E-state index contributed by atoms with van der Waals surface area (Å²) >= 11 is 14.5. The van der Waals surface area contributed by atoms with Gasteiger partial charge < -0.3 is 16.4 Å². The second kappa shape index (κ2) is 12.9. The number of rotatable bonds is 9. The Morgan fingerprint density at radius 1 is 0.944 bits per heavy atom. The number of amides is 1. The normalized spacial score (nSPS) is 14.5. The van der Waals surface area contributed by atoms with Crippen molar-refractivity contribution in [2.24, 2.45) is 0 Å². The van der Waals surface area contributed by atoms with Crippen LogP contribution in [0.1, 0.15) is 21.6 Å². The van der Waals surface area contributed by atoms with Gasteiger partial charge in [0.1, 0.15) is 0 Å². The van der Waals surface area contributed by atoms with Crippen molar-refractivity contribution in [3.05, 3.63) is 79.1 Å². The predicted molar refractivity (Wildman–Crippen MR) is 153 cm³/mol. The Bertz CT molecular complexity index is 1170. The third-order valence-electron chi connectivity index (χ3n) is 5.97. The highest BCUT2D eigenvalue weighted by molar-refractivity contribution is 14.1. The molecule has 0 aliphatic carbocycles. The number of nitrogens with one attached hydrogen (secondary N) is 2. The fourth-order valence-corrected chi connectivity index (χ4v) is 4.60. The molecule has 0 radical (unpaired) electrons. The van der Waals surface area contributed by atoms with Gasteiger partial charge in [-0.05, 0) is 58.0 Å². The first-order valence-corrected chi connectivity index (χ1v) is 13.5. The van der Waals surface area contributed by atoms with Crippen LogP contribution in [0.5, 0.6) is 0 Å². The van der Waals surface area contributed by atoms with Gasteiger partial charge in [-0.1, -0.05) is 47.5 Å². The minimum atomic E-state index is -0.382. The lowest BCUT2D eigenvalue weighted by atomic mass is 10.2. The van der Waals surface area contributed by atoms with Gasteiger partial charge in [-0.25, -0.2) is 9.97 Å². The summed E-state index contributed by atoms with van der Waals surface area (Å²) in [6, 6.07) is 16.1. The number of hydrogen-bond donors (Lipinski definition) is 3. The lowest BCUT2D eigenvalue weighted by Gasteiger charge is -2.34. The van der Waals surface area contributed by atoms with E-state index in [9.17, 15) is 4.79 Å². The molecule has 190 valence electrons. The van der Waals surface area contributed by atoms with E-state index in [-0.39, 0.29) is 22.6 Å². The third kappa shape index (κ3) is 7.66. The third-order valence-corrected chi connectivity index (χ3v) is 7.20. The van der Waals surface area contributed by atoms with Gasteiger partial charge in [0.15, 0.2) is 22.5 Å². The largest absolute Gasteiger partial charge is 0.382 e. The van der Waals surface area contributed by atoms with Crippen molar-refractivity contribution in [1.29, 1.82) is 0 Å². The van der Waals surface area contributed by atoms with Crippen LogP contribution in [0.15, 0.2) is 48.5 Å². The number of piperazine rings is 1. The lowest BCUT2D eigenvalue weighted by Crippen LogP contribution is -2.48. The van der Waals surface area contributed by atoms with Crippen molar-refractivity contribution >= 4 is 63.3 Å². The molecule has 11 heteroatoms. The van der Waals surface area contributed by atoms with Crippen LogP contribution >= 0.6 is 45.8 Å². The zero-order valence-electron chi connectivity index (χ0n) is 19.7. The number of nitrogens with two attached hydrogens (primary N) is 1. The fraction of sp³-hybridized carbons (Fsp3) is 0.320. The molecule has 36 heavy (non-hydrogen) atoms. The Labute approximate surface area is 234 Å². The number of benzene rings is 2. The van der Waals surface area contributed by atoms with E-state index < -0.39 is 0 Å². The van der Waals surface area contributed by atoms with Crippen molar-refractivity contribution in [3.63, 3.8) is 0 Å². The molecule has 1 fully saturated rings. The number of anilines is 2.